The number of hydrogen-bond donors (Lipinski definition) is 1. The van der Waals surface area contributed by atoms with Gasteiger partial charge in [-0.25, -0.2) is 0 Å². The highest BCUT2D eigenvalue weighted by Crippen LogP contribution is 2.25. The van der Waals surface area contributed by atoms with Crippen LogP contribution in [0.1, 0.15) is 6.92 Å². The van der Waals surface area contributed by atoms with E-state index in [1.54, 1.807) is 0 Å². The maximum atomic E-state index is 5.88. The highest BCUT2D eigenvalue weighted by molar-refractivity contribution is 8.00. The summed E-state index contributed by atoms with van der Waals surface area (Å²) >= 11 is 7.71. The van der Waals surface area contributed by atoms with Gasteiger partial charge in [0.05, 0.1) is 0 Å². The van der Waals surface area contributed by atoms with Gasteiger partial charge in [-0.2, -0.15) is 0 Å². The van der Waals surface area contributed by atoms with E-state index in [2.05, 4.69) is 18.3 Å². The van der Waals surface area contributed by atoms with Crippen LogP contribution >= 0.6 is 23.4 Å². The van der Waals surface area contributed by atoms with E-state index in [1.165, 1.54) is 4.90 Å². The first-order valence-electron chi connectivity index (χ1n) is 4.29. The summed E-state index contributed by atoms with van der Waals surface area (Å²) in [4.78, 5) is 1.23. The third-order valence-corrected chi connectivity index (χ3v) is 2.96. The standard InChI is InChI=1S/C10H14ClNS/c1-8(7-12-2)13-10-5-3-4-9(11)6-10/h3-6,8,12H,7H2,1-2H3. The second-order valence-electron chi connectivity index (χ2n) is 2.94. The lowest BCUT2D eigenvalue weighted by Crippen LogP contribution is -2.17. The summed E-state index contributed by atoms with van der Waals surface area (Å²) in [6.07, 6.45) is 0. The van der Waals surface area contributed by atoms with E-state index in [0.717, 1.165) is 11.6 Å². The fourth-order valence-corrected chi connectivity index (χ4v) is 2.42. The van der Waals surface area contributed by atoms with Gasteiger partial charge in [0.1, 0.15) is 0 Å². The molecule has 1 nitrogen and oxygen atoms in total. The van der Waals surface area contributed by atoms with Crippen LogP contribution in [-0.4, -0.2) is 18.8 Å². The third kappa shape index (κ3) is 4.03. The first-order chi connectivity index (χ1) is 6.22. The van der Waals surface area contributed by atoms with Crippen molar-refractivity contribution in [2.24, 2.45) is 0 Å². The fraction of sp³-hybridized carbons (Fsp3) is 0.400. The van der Waals surface area contributed by atoms with E-state index in [9.17, 15) is 0 Å². The predicted molar refractivity (Wildman–Crippen MR) is 60.7 cm³/mol. The molecule has 0 fully saturated rings. The normalized spacial score (nSPS) is 12.8. The van der Waals surface area contributed by atoms with Crippen molar-refractivity contribution in [3.8, 4) is 0 Å². The molecule has 1 aromatic carbocycles. The Balaban J connectivity index is 2.53. The summed E-state index contributed by atoms with van der Waals surface area (Å²) in [5, 5.41) is 4.53. The molecule has 0 bridgehead atoms. The van der Waals surface area contributed by atoms with Gasteiger partial charge in [0, 0.05) is 21.7 Å². The summed E-state index contributed by atoms with van der Waals surface area (Å²) in [6, 6.07) is 7.96. The molecule has 0 radical (unpaired) electrons. The molecular formula is C10H14ClNS. The lowest BCUT2D eigenvalue weighted by atomic mass is 10.4. The zero-order valence-corrected chi connectivity index (χ0v) is 9.45. The smallest absolute Gasteiger partial charge is 0.0417 e. The second kappa shape index (κ2) is 5.53. The van der Waals surface area contributed by atoms with Gasteiger partial charge >= 0.3 is 0 Å². The highest BCUT2D eigenvalue weighted by Gasteiger charge is 2.02. The van der Waals surface area contributed by atoms with Crippen LogP contribution in [0.3, 0.4) is 0 Å². The van der Waals surface area contributed by atoms with Crippen molar-refractivity contribution in [1.29, 1.82) is 0 Å². The zero-order chi connectivity index (χ0) is 9.68. The van der Waals surface area contributed by atoms with Gasteiger partial charge in [0.25, 0.3) is 0 Å². The molecule has 1 N–H and O–H groups in total. The van der Waals surface area contributed by atoms with Crippen LogP contribution in [0, 0.1) is 0 Å². The first kappa shape index (κ1) is 10.9. The van der Waals surface area contributed by atoms with Crippen LogP contribution in [0.5, 0.6) is 0 Å². The van der Waals surface area contributed by atoms with E-state index < -0.39 is 0 Å². The van der Waals surface area contributed by atoms with E-state index in [0.29, 0.717) is 5.25 Å². The van der Waals surface area contributed by atoms with Crippen LogP contribution in [0.25, 0.3) is 0 Å². The van der Waals surface area contributed by atoms with Gasteiger partial charge in [-0.3, -0.25) is 0 Å². The topological polar surface area (TPSA) is 12.0 Å². The van der Waals surface area contributed by atoms with Crippen LogP contribution in [0.15, 0.2) is 29.2 Å². The van der Waals surface area contributed by atoms with Crippen LogP contribution in [-0.2, 0) is 0 Å². The van der Waals surface area contributed by atoms with Crippen molar-refractivity contribution >= 4 is 23.4 Å². The van der Waals surface area contributed by atoms with Crippen molar-refractivity contribution in [3.05, 3.63) is 29.3 Å². The minimum Gasteiger partial charge on any atom is -0.319 e. The lowest BCUT2D eigenvalue weighted by molar-refractivity contribution is 0.785. The van der Waals surface area contributed by atoms with E-state index in [4.69, 9.17) is 11.6 Å². The maximum Gasteiger partial charge on any atom is 0.0417 e. The summed E-state index contributed by atoms with van der Waals surface area (Å²) in [5.41, 5.74) is 0. The molecule has 0 heterocycles. The van der Waals surface area contributed by atoms with Crippen LogP contribution in [0.2, 0.25) is 5.02 Å². The molecule has 1 atom stereocenters. The molecule has 72 valence electrons. The monoisotopic (exact) mass is 215 g/mol. The van der Waals surface area contributed by atoms with Crippen molar-refractivity contribution < 1.29 is 0 Å². The van der Waals surface area contributed by atoms with Crippen LogP contribution in [0.4, 0.5) is 0 Å². The Bertz CT molecular complexity index is 265. The fourth-order valence-electron chi connectivity index (χ4n) is 1.10. The molecular weight excluding hydrogens is 202 g/mol. The summed E-state index contributed by atoms with van der Waals surface area (Å²) in [7, 11) is 1.97. The molecule has 0 aliphatic heterocycles. The first-order valence-corrected chi connectivity index (χ1v) is 5.55. The summed E-state index contributed by atoms with van der Waals surface area (Å²) < 4.78 is 0. The largest absolute Gasteiger partial charge is 0.319 e. The number of rotatable bonds is 4. The Morgan fingerprint density at radius 3 is 2.92 bits per heavy atom. The Morgan fingerprint density at radius 1 is 1.54 bits per heavy atom. The van der Waals surface area contributed by atoms with Crippen molar-refractivity contribution in [2.45, 2.75) is 17.1 Å². The van der Waals surface area contributed by atoms with Crippen molar-refractivity contribution in [3.63, 3.8) is 0 Å². The molecule has 1 rings (SSSR count). The number of hydrogen-bond acceptors (Lipinski definition) is 2. The van der Waals surface area contributed by atoms with Gasteiger partial charge in [-0.05, 0) is 25.2 Å². The molecule has 0 aliphatic carbocycles. The predicted octanol–water partition coefficient (Wildman–Crippen LogP) is 3.04. The quantitative estimate of drug-likeness (QED) is 0.775. The van der Waals surface area contributed by atoms with Gasteiger partial charge < -0.3 is 5.32 Å². The van der Waals surface area contributed by atoms with Crippen molar-refractivity contribution in [1.82, 2.24) is 5.32 Å². The Hall–Kier alpha value is -0.180. The Labute approximate surface area is 88.9 Å². The molecule has 3 heteroatoms. The molecule has 0 saturated heterocycles. The minimum atomic E-state index is 0.573. The van der Waals surface area contributed by atoms with Gasteiger partial charge in [-0.15, -0.1) is 11.8 Å². The van der Waals surface area contributed by atoms with Gasteiger partial charge in [0.15, 0.2) is 0 Å². The Kier molecular flexibility index (Phi) is 4.64. The molecule has 1 unspecified atom stereocenters. The molecule has 0 aromatic heterocycles. The average molecular weight is 216 g/mol. The molecule has 0 amide bonds. The third-order valence-electron chi connectivity index (χ3n) is 1.62. The van der Waals surface area contributed by atoms with E-state index >= 15 is 0 Å². The summed E-state index contributed by atoms with van der Waals surface area (Å²) in [6.45, 7) is 3.21. The molecule has 13 heavy (non-hydrogen) atoms. The molecule has 1 aromatic rings. The number of halogens is 1. The molecule has 0 aliphatic rings. The van der Waals surface area contributed by atoms with E-state index in [-0.39, 0.29) is 0 Å². The van der Waals surface area contributed by atoms with Crippen LogP contribution < -0.4 is 5.32 Å². The molecule has 0 saturated carbocycles. The average Bonchev–Trinajstić information content (AvgIpc) is 2.04. The lowest BCUT2D eigenvalue weighted by Gasteiger charge is -2.09. The van der Waals surface area contributed by atoms with Crippen molar-refractivity contribution in [2.75, 3.05) is 13.6 Å². The minimum absolute atomic E-state index is 0.573. The number of nitrogens with one attached hydrogen (secondary N) is 1. The molecule has 0 spiro atoms. The highest BCUT2D eigenvalue weighted by atomic mass is 35.5. The van der Waals surface area contributed by atoms with E-state index in [1.807, 2.05) is 37.0 Å². The second-order valence-corrected chi connectivity index (χ2v) is 4.89. The summed E-state index contributed by atoms with van der Waals surface area (Å²) in [5.74, 6) is 0. The number of benzene rings is 1. The number of thioether (sulfide) groups is 1. The zero-order valence-electron chi connectivity index (χ0n) is 7.88. The van der Waals surface area contributed by atoms with Gasteiger partial charge in [0.2, 0.25) is 0 Å². The SMILES string of the molecule is CNCC(C)Sc1cccc(Cl)c1. The Morgan fingerprint density at radius 2 is 2.31 bits per heavy atom. The maximum absolute atomic E-state index is 5.88. The van der Waals surface area contributed by atoms with Gasteiger partial charge in [-0.1, -0.05) is 24.6 Å².